The third-order valence-electron chi connectivity index (χ3n) is 9.27. The Morgan fingerprint density at radius 1 is 1.28 bits per heavy atom. The molecule has 6 atom stereocenters. The molecular formula is C28H36N2O2. The first kappa shape index (κ1) is 20.5. The summed E-state index contributed by atoms with van der Waals surface area (Å²) in [6, 6.07) is 6.98. The highest BCUT2D eigenvalue weighted by molar-refractivity contribution is 5.85. The summed E-state index contributed by atoms with van der Waals surface area (Å²) in [5.41, 5.74) is 7.01. The number of esters is 1. The lowest BCUT2D eigenvalue weighted by molar-refractivity contribution is -0.146. The predicted molar refractivity (Wildman–Crippen MR) is 127 cm³/mol. The van der Waals surface area contributed by atoms with Crippen molar-refractivity contribution in [2.75, 3.05) is 6.54 Å². The number of carbonyl (C=O) groups is 1. The second kappa shape index (κ2) is 7.48. The summed E-state index contributed by atoms with van der Waals surface area (Å²) < 4.78 is 5.98. The van der Waals surface area contributed by atoms with Crippen LogP contribution in [0.4, 0.5) is 0 Å². The van der Waals surface area contributed by atoms with E-state index in [-0.39, 0.29) is 29.4 Å². The van der Waals surface area contributed by atoms with Crippen LogP contribution < -0.4 is 5.32 Å². The highest BCUT2D eigenvalue weighted by Gasteiger charge is 2.55. The van der Waals surface area contributed by atoms with Crippen molar-refractivity contribution in [3.05, 3.63) is 47.2 Å². The number of hydrogen-bond donors (Lipinski definition) is 2. The topological polar surface area (TPSA) is 54.1 Å². The fraction of sp³-hybridized carbons (Fsp3) is 0.607. The number of rotatable bonds is 3. The molecule has 2 N–H and O–H groups in total. The van der Waals surface area contributed by atoms with Gasteiger partial charge in [0.25, 0.3) is 0 Å². The predicted octanol–water partition coefficient (Wildman–Crippen LogP) is 5.76. The SMILES string of the molecule is C=C1CCC[C@]2(C)C[C@H]3OC(=O)C(CNC4CCCc5c4[nH]c4ccc(C)cc54)[C@H]3C[C@@H]12. The standard InChI is InChI=1S/C28H36N2O2/c1-16-9-10-23-19(12-16)18-7-4-8-24(26(18)30-23)29-15-21-20-13-22-17(2)6-5-11-28(22,3)14-25(20)32-27(21)31/h9-10,12,20-22,24-25,29-30H,2,4-8,11,13-15H2,1,3H3/t20-,21?,22+,24?,25-,28-/m1/s1. The molecule has 170 valence electrons. The number of fused-ring (bicyclic) bond motifs is 5. The monoisotopic (exact) mass is 432 g/mol. The highest BCUT2D eigenvalue weighted by atomic mass is 16.6. The second-order valence-electron chi connectivity index (χ2n) is 11.3. The summed E-state index contributed by atoms with van der Waals surface area (Å²) in [6.45, 7) is 9.71. The van der Waals surface area contributed by atoms with Gasteiger partial charge in [0, 0.05) is 35.1 Å². The Hall–Kier alpha value is -2.07. The van der Waals surface area contributed by atoms with Gasteiger partial charge in [0.2, 0.25) is 0 Å². The minimum Gasteiger partial charge on any atom is -0.462 e. The minimum atomic E-state index is -0.0312. The summed E-state index contributed by atoms with van der Waals surface area (Å²) in [4.78, 5) is 16.6. The normalized spacial score (nSPS) is 36.5. The molecule has 2 aromatic rings. The number of ether oxygens (including phenoxy) is 1. The lowest BCUT2D eigenvalue weighted by Gasteiger charge is -2.50. The summed E-state index contributed by atoms with van der Waals surface area (Å²) in [5, 5.41) is 5.17. The maximum Gasteiger partial charge on any atom is 0.310 e. The number of aromatic nitrogens is 1. The van der Waals surface area contributed by atoms with Gasteiger partial charge >= 0.3 is 5.97 Å². The smallest absolute Gasteiger partial charge is 0.310 e. The van der Waals surface area contributed by atoms with E-state index >= 15 is 0 Å². The number of allylic oxidation sites excluding steroid dienone is 1. The lowest BCUT2D eigenvalue weighted by atomic mass is 9.55. The van der Waals surface area contributed by atoms with Crippen LogP contribution in [0.5, 0.6) is 0 Å². The highest BCUT2D eigenvalue weighted by Crippen LogP contribution is 2.56. The van der Waals surface area contributed by atoms with Crippen LogP contribution in [-0.2, 0) is 16.0 Å². The number of aryl methyl sites for hydroxylation is 2. The van der Waals surface area contributed by atoms with E-state index in [9.17, 15) is 4.79 Å². The zero-order valence-corrected chi connectivity index (χ0v) is 19.5. The molecule has 0 radical (unpaired) electrons. The molecule has 2 saturated carbocycles. The molecule has 0 spiro atoms. The summed E-state index contributed by atoms with van der Waals surface area (Å²) in [5.74, 6) is 0.865. The maximum atomic E-state index is 12.9. The van der Waals surface area contributed by atoms with E-state index in [1.165, 1.54) is 52.6 Å². The van der Waals surface area contributed by atoms with E-state index in [2.05, 4.69) is 48.9 Å². The summed E-state index contributed by atoms with van der Waals surface area (Å²) in [6.07, 6.45) is 9.24. The van der Waals surface area contributed by atoms with Crippen LogP contribution in [0.3, 0.4) is 0 Å². The number of aromatic amines is 1. The van der Waals surface area contributed by atoms with Gasteiger partial charge in [-0.1, -0.05) is 30.7 Å². The lowest BCUT2D eigenvalue weighted by Crippen LogP contribution is -2.45. The molecule has 2 unspecified atom stereocenters. The van der Waals surface area contributed by atoms with Crippen LogP contribution in [0.1, 0.15) is 74.7 Å². The number of benzene rings is 1. The third-order valence-corrected chi connectivity index (χ3v) is 9.27. The van der Waals surface area contributed by atoms with Crippen molar-refractivity contribution in [2.24, 2.45) is 23.2 Å². The van der Waals surface area contributed by atoms with Gasteiger partial charge in [0.1, 0.15) is 6.10 Å². The number of H-pyrrole nitrogens is 1. The quantitative estimate of drug-likeness (QED) is 0.479. The molecule has 3 fully saturated rings. The van der Waals surface area contributed by atoms with Crippen LogP contribution >= 0.6 is 0 Å². The third kappa shape index (κ3) is 3.17. The van der Waals surface area contributed by atoms with E-state index in [0.717, 1.165) is 32.1 Å². The first-order valence-electron chi connectivity index (χ1n) is 12.7. The molecule has 1 saturated heterocycles. The summed E-state index contributed by atoms with van der Waals surface area (Å²) in [7, 11) is 0. The molecule has 1 aromatic carbocycles. The molecule has 1 aromatic heterocycles. The molecule has 4 aliphatic rings. The van der Waals surface area contributed by atoms with Crippen LogP contribution in [-0.4, -0.2) is 23.6 Å². The Bertz CT molecular complexity index is 1080. The number of hydrogen-bond acceptors (Lipinski definition) is 3. The van der Waals surface area contributed by atoms with Gasteiger partial charge in [0.05, 0.1) is 5.92 Å². The molecule has 4 heteroatoms. The van der Waals surface area contributed by atoms with Crippen molar-refractivity contribution in [1.82, 2.24) is 10.3 Å². The van der Waals surface area contributed by atoms with Gasteiger partial charge in [-0.3, -0.25) is 4.79 Å². The Kier molecular flexibility index (Phi) is 4.80. The van der Waals surface area contributed by atoms with E-state index in [1.54, 1.807) is 0 Å². The van der Waals surface area contributed by atoms with Crippen molar-refractivity contribution in [3.8, 4) is 0 Å². The van der Waals surface area contributed by atoms with Gasteiger partial charge in [-0.2, -0.15) is 0 Å². The Balaban J connectivity index is 1.21. The molecule has 6 rings (SSSR count). The van der Waals surface area contributed by atoms with Gasteiger partial charge in [-0.25, -0.2) is 0 Å². The van der Waals surface area contributed by atoms with Crippen molar-refractivity contribution >= 4 is 16.9 Å². The van der Waals surface area contributed by atoms with Crippen LogP contribution in [0.15, 0.2) is 30.4 Å². The number of nitrogens with one attached hydrogen (secondary N) is 2. The molecule has 3 aliphatic carbocycles. The fourth-order valence-corrected chi connectivity index (χ4v) is 7.54. The van der Waals surface area contributed by atoms with Gasteiger partial charge < -0.3 is 15.0 Å². The van der Waals surface area contributed by atoms with Crippen LogP contribution in [0, 0.1) is 30.1 Å². The zero-order chi connectivity index (χ0) is 22.0. The Morgan fingerprint density at radius 3 is 3.03 bits per heavy atom. The van der Waals surface area contributed by atoms with Crippen molar-refractivity contribution in [2.45, 2.75) is 77.4 Å². The van der Waals surface area contributed by atoms with E-state index < -0.39 is 0 Å². The van der Waals surface area contributed by atoms with E-state index in [1.807, 2.05) is 0 Å². The van der Waals surface area contributed by atoms with Crippen LogP contribution in [0.2, 0.25) is 0 Å². The Morgan fingerprint density at radius 2 is 2.16 bits per heavy atom. The number of carbonyl (C=O) groups excluding carboxylic acids is 1. The van der Waals surface area contributed by atoms with Gasteiger partial charge in [-0.05, 0) is 87.3 Å². The zero-order valence-electron chi connectivity index (χ0n) is 19.5. The van der Waals surface area contributed by atoms with E-state index in [0.29, 0.717) is 18.4 Å². The molecular weight excluding hydrogens is 396 g/mol. The van der Waals surface area contributed by atoms with Gasteiger partial charge in [0.15, 0.2) is 0 Å². The molecule has 2 heterocycles. The van der Waals surface area contributed by atoms with Crippen molar-refractivity contribution in [3.63, 3.8) is 0 Å². The first-order chi connectivity index (χ1) is 15.4. The molecule has 1 aliphatic heterocycles. The molecule has 0 bridgehead atoms. The van der Waals surface area contributed by atoms with Crippen molar-refractivity contribution < 1.29 is 9.53 Å². The minimum absolute atomic E-state index is 0.0173. The summed E-state index contributed by atoms with van der Waals surface area (Å²) >= 11 is 0. The van der Waals surface area contributed by atoms with Crippen molar-refractivity contribution in [1.29, 1.82) is 0 Å². The molecule has 0 amide bonds. The average molecular weight is 433 g/mol. The first-order valence-corrected chi connectivity index (χ1v) is 12.7. The second-order valence-corrected chi connectivity index (χ2v) is 11.3. The average Bonchev–Trinajstić information content (AvgIpc) is 3.27. The molecule has 32 heavy (non-hydrogen) atoms. The molecule has 4 nitrogen and oxygen atoms in total. The fourth-order valence-electron chi connectivity index (χ4n) is 7.54. The Labute approximate surface area is 191 Å². The maximum absolute atomic E-state index is 12.9. The van der Waals surface area contributed by atoms with Crippen LogP contribution in [0.25, 0.3) is 10.9 Å². The van der Waals surface area contributed by atoms with Gasteiger partial charge in [-0.15, -0.1) is 0 Å². The largest absolute Gasteiger partial charge is 0.462 e. The van der Waals surface area contributed by atoms with E-state index in [4.69, 9.17) is 4.74 Å².